The van der Waals surface area contributed by atoms with Gasteiger partial charge in [0.1, 0.15) is 78.5 Å². The van der Waals surface area contributed by atoms with Gasteiger partial charge in [-0.15, -0.1) is 32.8 Å². The van der Waals surface area contributed by atoms with Gasteiger partial charge in [0.05, 0.1) is 22.4 Å². The molecular formula is C34H14B10N2. The van der Waals surface area contributed by atoms with Gasteiger partial charge in [-0.3, -0.25) is 0 Å². The van der Waals surface area contributed by atoms with Gasteiger partial charge >= 0.3 is 0 Å². The minimum absolute atomic E-state index is 0.0406. The molecule has 0 bridgehead atoms. The molecular weight excluding hydrogens is 545 g/mol. The zero-order valence-electron chi connectivity index (χ0n) is 24.8. The smallest absolute Gasteiger partial charge is 0.115 e. The molecule has 0 aliphatic rings. The van der Waals surface area contributed by atoms with Crippen molar-refractivity contribution in [1.82, 2.24) is 4.57 Å². The Balaban J connectivity index is 1.76. The summed E-state index contributed by atoms with van der Waals surface area (Å²) in [5, 5.41) is 3.81. The lowest BCUT2D eigenvalue weighted by atomic mass is 9.60. The number of anilines is 3. The van der Waals surface area contributed by atoms with Crippen molar-refractivity contribution in [3.63, 3.8) is 0 Å². The van der Waals surface area contributed by atoms with E-state index in [9.17, 15) is 0 Å². The highest BCUT2D eigenvalue weighted by molar-refractivity contribution is 6.71. The Morgan fingerprint density at radius 3 is 1.17 bits per heavy atom. The van der Waals surface area contributed by atoms with Crippen LogP contribution >= 0.6 is 0 Å². The summed E-state index contributed by atoms with van der Waals surface area (Å²) in [6.07, 6.45) is 0. The van der Waals surface area contributed by atoms with Crippen molar-refractivity contribution in [2.75, 3.05) is 4.90 Å². The quantitative estimate of drug-likeness (QED) is 0.215. The fourth-order valence-electron chi connectivity index (χ4n) is 6.33. The molecule has 0 atom stereocenters. The lowest BCUT2D eigenvalue weighted by Crippen LogP contribution is -2.59. The molecule has 7 rings (SSSR count). The average Bonchev–Trinajstić information content (AvgIpc) is 3.41. The van der Waals surface area contributed by atoms with Crippen LogP contribution in [0.25, 0.3) is 38.3 Å². The third kappa shape index (κ3) is 4.33. The summed E-state index contributed by atoms with van der Waals surface area (Å²) in [6.45, 7) is 0. The van der Waals surface area contributed by atoms with Gasteiger partial charge in [-0.05, 0) is 23.6 Å². The fraction of sp³-hybridized carbons (Fsp3) is 0. The summed E-state index contributed by atoms with van der Waals surface area (Å²) in [5.41, 5.74) is 4.11. The molecule has 6 aromatic carbocycles. The van der Waals surface area contributed by atoms with E-state index in [-0.39, 0.29) is 66.0 Å². The first-order chi connectivity index (χ1) is 22.0. The van der Waals surface area contributed by atoms with Gasteiger partial charge in [0, 0.05) is 27.5 Å². The number of hydrogen-bond donors (Lipinski definition) is 0. The monoisotopic (exact) mass is 560 g/mol. The average molecular weight is 559 g/mol. The standard InChI is InChI=1S/C34H14B10N2/c35-22-24(37)28(41)33(29(42)25(22)38)46(34-30(43)26(39)23(36)27(40)31(34)44)32-16-8-2-1-7-15(16)13-14-21(32)45-19-11-5-3-9-17(19)18-10-4-6-12-20(18)45/h1-14H. The minimum atomic E-state index is 0.0406. The highest BCUT2D eigenvalue weighted by atomic mass is 15.2. The third-order valence-corrected chi connectivity index (χ3v) is 8.71. The maximum absolute atomic E-state index is 6.77. The molecule has 0 spiro atoms. The largest absolute Gasteiger partial charge is 0.310 e. The molecule has 20 radical (unpaired) electrons. The number of aromatic nitrogens is 1. The van der Waals surface area contributed by atoms with Crippen molar-refractivity contribution in [2.45, 2.75) is 0 Å². The maximum atomic E-state index is 6.77. The van der Waals surface area contributed by atoms with Gasteiger partial charge in [-0.25, -0.2) is 0 Å². The van der Waals surface area contributed by atoms with E-state index in [2.05, 4.69) is 28.8 Å². The van der Waals surface area contributed by atoms with Gasteiger partial charge in [0.25, 0.3) is 0 Å². The van der Waals surface area contributed by atoms with E-state index >= 15 is 0 Å². The van der Waals surface area contributed by atoms with Crippen LogP contribution in [0.1, 0.15) is 0 Å². The summed E-state index contributed by atoms with van der Waals surface area (Å²) in [6, 6.07) is 28.2. The van der Waals surface area contributed by atoms with Crippen molar-refractivity contribution in [3.05, 3.63) is 84.9 Å². The Hall–Kier alpha value is -4.17. The van der Waals surface area contributed by atoms with Crippen LogP contribution in [0.5, 0.6) is 0 Å². The molecule has 0 aliphatic heterocycles. The zero-order chi connectivity index (χ0) is 32.6. The van der Waals surface area contributed by atoms with E-state index in [1.165, 1.54) is 0 Å². The van der Waals surface area contributed by atoms with Gasteiger partial charge in [0.2, 0.25) is 0 Å². The molecule has 190 valence electrons. The van der Waals surface area contributed by atoms with Crippen molar-refractivity contribution >= 4 is 183 Å². The first-order valence-electron chi connectivity index (χ1n) is 14.4. The zero-order valence-corrected chi connectivity index (χ0v) is 24.8. The van der Waals surface area contributed by atoms with Crippen LogP contribution in [0, 0.1) is 0 Å². The number of rotatable bonds is 4. The Bertz CT molecular complexity index is 2220. The second kappa shape index (κ2) is 11.3. The summed E-state index contributed by atoms with van der Waals surface area (Å²) in [5.74, 6) is 0. The molecule has 0 aliphatic carbocycles. The van der Waals surface area contributed by atoms with Crippen LogP contribution in [0.15, 0.2) is 84.9 Å². The number of nitrogens with zero attached hydrogens (tertiary/aromatic N) is 2. The normalized spacial score (nSPS) is 11.5. The predicted octanol–water partition coefficient (Wildman–Crippen LogP) is -2.66. The van der Waals surface area contributed by atoms with Crippen LogP contribution < -0.4 is 59.5 Å². The SMILES string of the molecule is [B]c1c([B])c([B])c(N(c2c([B])c([B])c([B])c([B])c2[B])c2c(-n3c4ccccc4c4ccccc43)ccc3ccccc23)c([B])c1[B]. The number of para-hydroxylation sites is 2. The second-order valence-electron chi connectivity index (χ2n) is 11.2. The molecule has 0 amide bonds. The van der Waals surface area contributed by atoms with Gasteiger partial charge < -0.3 is 9.47 Å². The molecule has 0 saturated carbocycles. The molecule has 0 N–H and O–H groups in total. The van der Waals surface area contributed by atoms with Gasteiger partial charge in [-0.1, -0.05) is 88.6 Å². The number of hydrogen-bond acceptors (Lipinski definition) is 1. The molecule has 1 heterocycles. The summed E-state index contributed by atoms with van der Waals surface area (Å²) in [4.78, 5) is 1.72. The Morgan fingerprint density at radius 1 is 0.348 bits per heavy atom. The molecule has 7 aromatic rings. The minimum Gasteiger partial charge on any atom is -0.310 e. The molecule has 0 saturated heterocycles. The highest BCUT2D eigenvalue weighted by Gasteiger charge is 2.28. The summed E-state index contributed by atoms with van der Waals surface area (Å²) >= 11 is 0. The van der Waals surface area contributed by atoms with E-state index in [0.717, 1.165) is 38.3 Å². The first-order valence-corrected chi connectivity index (χ1v) is 14.4. The molecule has 0 unspecified atom stereocenters. The Labute approximate surface area is 281 Å². The van der Waals surface area contributed by atoms with Crippen molar-refractivity contribution < 1.29 is 0 Å². The topological polar surface area (TPSA) is 8.17 Å². The maximum Gasteiger partial charge on any atom is 0.115 e. The molecule has 12 heteroatoms. The van der Waals surface area contributed by atoms with Crippen LogP contribution in [0.4, 0.5) is 17.1 Å². The van der Waals surface area contributed by atoms with E-state index in [0.29, 0.717) is 5.69 Å². The van der Waals surface area contributed by atoms with Crippen LogP contribution in [0.2, 0.25) is 0 Å². The number of fused-ring (bicyclic) bond motifs is 4. The molecule has 0 fully saturated rings. The van der Waals surface area contributed by atoms with E-state index in [1.807, 2.05) is 60.7 Å². The highest BCUT2D eigenvalue weighted by Crippen LogP contribution is 2.43. The van der Waals surface area contributed by atoms with Crippen molar-refractivity contribution in [3.8, 4) is 5.69 Å². The van der Waals surface area contributed by atoms with E-state index < -0.39 is 0 Å². The Morgan fingerprint density at radius 2 is 0.717 bits per heavy atom. The third-order valence-electron chi connectivity index (χ3n) is 8.71. The van der Waals surface area contributed by atoms with Crippen LogP contribution in [-0.2, 0) is 0 Å². The summed E-state index contributed by atoms with van der Waals surface area (Å²) in [7, 11) is 65.4. The second-order valence-corrected chi connectivity index (χ2v) is 11.2. The van der Waals surface area contributed by atoms with Crippen molar-refractivity contribution in [2.24, 2.45) is 0 Å². The molecule has 2 nitrogen and oxygen atoms in total. The van der Waals surface area contributed by atoms with Crippen LogP contribution in [-0.4, -0.2) is 83.0 Å². The van der Waals surface area contributed by atoms with Gasteiger partial charge in [-0.2, -0.15) is 0 Å². The molecule has 46 heavy (non-hydrogen) atoms. The summed E-state index contributed by atoms with van der Waals surface area (Å²) < 4.78 is 2.16. The van der Waals surface area contributed by atoms with E-state index in [1.54, 1.807) is 4.90 Å². The predicted molar refractivity (Wildman–Crippen MR) is 207 cm³/mol. The molecule has 1 aromatic heterocycles. The fourth-order valence-corrected chi connectivity index (χ4v) is 6.33. The Kier molecular flexibility index (Phi) is 7.46. The first kappa shape index (κ1) is 30.5. The van der Waals surface area contributed by atoms with E-state index in [4.69, 9.17) is 78.5 Å². The lowest BCUT2D eigenvalue weighted by Gasteiger charge is -2.38. The lowest BCUT2D eigenvalue weighted by molar-refractivity contribution is 1.16. The van der Waals surface area contributed by atoms with Gasteiger partial charge in [0.15, 0.2) is 0 Å². The van der Waals surface area contributed by atoms with Crippen LogP contribution in [0.3, 0.4) is 0 Å². The number of benzene rings is 6. The van der Waals surface area contributed by atoms with Crippen molar-refractivity contribution in [1.29, 1.82) is 0 Å².